The third-order valence-corrected chi connectivity index (χ3v) is 4.85. The van der Waals surface area contributed by atoms with Crippen molar-refractivity contribution < 1.29 is 4.79 Å². The Bertz CT molecular complexity index is 882. The van der Waals surface area contributed by atoms with Gasteiger partial charge in [-0.05, 0) is 31.9 Å². The normalized spacial score (nSPS) is 18.0. The van der Waals surface area contributed by atoms with E-state index < -0.39 is 0 Å². The first-order valence-corrected chi connectivity index (χ1v) is 8.77. The van der Waals surface area contributed by atoms with Crippen LogP contribution in [0.5, 0.6) is 0 Å². The van der Waals surface area contributed by atoms with E-state index in [1.54, 1.807) is 0 Å². The Hall–Kier alpha value is -2.70. The monoisotopic (exact) mass is 338 g/mol. The summed E-state index contributed by atoms with van der Waals surface area (Å²) in [7, 11) is 0. The number of rotatable bonds is 4. The minimum atomic E-state index is 0.190. The van der Waals surface area contributed by atoms with Crippen LogP contribution in [0.2, 0.25) is 0 Å². The first kappa shape index (κ1) is 15.8. The van der Waals surface area contributed by atoms with Crippen LogP contribution in [0.3, 0.4) is 0 Å². The maximum absolute atomic E-state index is 12.7. The van der Waals surface area contributed by atoms with Gasteiger partial charge in [-0.3, -0.25) is 9.89 Å². The van der Waals surface area contributed by atoms with Crippen LogP contribution in [-0.2, 0) is 11.3 Å². The summed E-state index contributed by atoms with van der Waals surface area (Å²) in [6, 6.07) is 8.00. The maximum Gasteiger partial charge on any atom is 0.224 e. The fourth-order valence-electron chi connectivity index (χ4n) is 3.52. The number of nitrogens with zero attached hydrogens (tertiary/aromatic N) is 5. The average molecular weight is 338 g/mol. The Morgan fingerprint density at radius 3 is 3.08 bits per heavy atom. The predicted molar refractivity (Wildman–Crippen MR) is 94.0 cm³/mol. The van der Waals surface area contributed by atoms with E-state index in [9.17, 15) is 4.79 Å². The molecule has 3 heterocycles. The molecule has 1 aliphatic heterocycles. The number of aryl methyl sites for hydroxylation is 2. The van der Waals surface area contributed by atoms with Crippen molar-refractivity contribution in [2.75, 3.05) is 13.1 Å². The van der Waals surface area contributed by atoms with Gasteiger partial charge in [-0.15, -0.1) is 0 Å². The van der Waals surface area contributed by atoms with E-state index in [2.05, 4.69) is 20.2 Å². The first-order chi connectivity index (χ1) is 12.2. The first-order valence-electron chi connectivity index (χ1n) is 8.77. The van der Waals surface area contributed by atoms with Crippen molar-refractivity contribution in [3.63, 3.8) is 0 Å². The lowest BCUT2D eigenvalue weighted by molar-refractivity contribution is -0.132. The molecule has 25 heavy (non-hydrogen) atoms. The molecule has 4 rings (SSSR count). The second-order valence-corrected chi connectivity index (χ2v) is 6.63. The lowest BCUT2D eigenvalue weighted by Crippen LogP contribution is -2.39. The molecule has 1 N–H and O–H groups in total. The molecule has 1 aliphatic rings. The molecule has 7 nitrogen and oxygen atoms in total. The average Bonchev–Trinajstić information content (AvgIpc) is 3.26. The minimum absolute atomic E-state index is 0.190. The van der Waals surface area contributed by atoms with E-state index in [1.165, 1.54) is 0 Å². The van der Waals surface area contributed by atoms with Gasteiger partial charge in [0.1, 0.15) is 5.82 Å². The number of piperidine rings is 1. The Morgan fingerprint density at radius 2 is 2.24 bits per heavy atom. The summed E-state index contributed by atoms with van der Waals surface area (Å²) in [6.07, 6.45) is 4.33. The molecule has 3 aromatic rings. The number of hydrogen-bond donors (Lipinski definition) is 1. The molecule has 0 aliphatic carbocycles. The molecular weight excluding hydrogens is 316 g/mol. The van der Waals surface area contributed by atoms with E-state index in [4.69, 9.17) is 0 Å². The number of para-hydroxylation sites is 2. The van der Waals surface area contributed by atoms with Crippen LogP contribution in [0, 0.1) is 6.92 Å². The van der Waals surface area contributed by atoms with Gasteiger partial charge >= 0.3 is 0 Å². The molecule has 7 heteroatoms. The van der Waals surface area contributed by atoms with Gasteiger partial charge in [0, 0.05) is 32.0 Å². The summed E-state index contributed by atoms with van der Waals surface area (Å²) in [5, 5.41) is 7.16. The van der Waals surface area contributed by atoms with Gasteiger partial charge in [-0.1, -0.05) is 12.1 Å². The fourth-order valence-corrected chi connectivity index (χ4v) is 3.52. The number of carbonyl (C=O) groups is 1. The number of nitrogens with one attached hydrogen (secondary N) is 1. The number of imidazole rings is 1. The summed E-state index contributed by atoms with van der Waals surface area (Å²) in [5.41, 5.74) is 2.04. The van der Waals surface area contributed by atoms with E-state index in [0.717, 1.165) is 42.1 Å². The fraction of sp³-hybridized carbons (Fsp3) is 0.444. The van der Waals surface area contributed by atoms with Crippen LogP contribution < -0.4 is 0 Å². The van der Waals surface area contributed by atoms with Gasteiger partial charge in [0.15, 0.2) is 5.82 Å². The van der Waals surface area contributed by atoms with E-state index in [0.29, 0.717) is 19.5 Å². The molecule has 1 atom stereocenters. The van der Waals surface area contributed by atoms with Crippen molar-refractivity contribution in [2.24, 2.45) is 0 Å². The summed E-state index contributed by atoms with van der Waals surface area (Å²) < 4.78 is 2.05. The Labute approximate surface area is 146 Å². The molecular formula is C18H22N6O. The highest BCUT2D eigenvalue weighted by atomic mass is 16.2. The van der Waals surface area contributed by atoms with Crippen LogP contribution >= 0.6 is 0 Å². The second kappa shape index (κ2) is 6.66. The quantitative estimate of drug-likeness (QED) is 0.791. The zero-order valence-corrected chi connectivity index (χ0v) is 14.4. The number of aromatic nitrogens is 5. The number of likely N-dealkylation sites (tertiary alicyclic amines) is 1. The molecule has 2 aromatic heterocycles. The lowest BCUT2D eigenvalue weighted by Gasteiger charge is -2.31. The van der Waals surface area contributed by atoms with Crippen molar-refractivity contribution in [3.05, 3.63) is 42.2 Å². The van der Waals surface area contributed by atoms with Crippen molar-refractivity contribution in [2.45, 2.75) is 38.6 Å². The van der Waals surface area contributed by atoms with Crippen LogP contribution in [-0.4, -0.2) is 48.6 Å². The molecule has 1 saturated heterocycles. The molecule has 1 fully saturated rings. The molecule has 0 bridgehead atoms. The molecule has 0 saturated carbocycles. The zero-order chi connectivity index (χ0) is 17.2. The molecule has 1 aromatic carbocycles. The Kier molecular flexibility index (Phi) is 4.21. The lowest BCUT2D eigenvalue weighted by atomic mass is 9.97. The predicted octanol–water partition coefficient (Wildman–Crippen LogP) is 2.26. The second-order valence-electron chi connectivity index (χ2n) is 6.63. The van der Waals surface area contributed by atoms with Gasteiger partial charge in [0.05, 0.1) is 17.4 Å². The molecule has 0 spiro atoms. The largest absolute Gasteiger partial charge is 0.342 e. The van der Waals surface area contributed by atoms with E-state index >= 15 is 0 Å². The Morgan fingerprint density at radius 1 is 1.36 bits per heavy atom. The molecule has 130 valence electrons. The van der Waals surface area contributed by atoms with Gasteiger partial charge in [-0.2, -0.15) is 5.10 Å². The number of H-pyrrole nitrogens is 1. The molecule has 0 radical (unpaired) electrons. The third-order valence-electron chi connectivity index (χ3n) is 4.85. The van der Waals surface area contributed by atoms with Crippen molar-refractivity contribution in [1.82, 2.24) is 29.6 Å². The van der Waals surface area contributed by atoms with Crippen LogP contribution in [0.4, 0.5) is 0 Å². The SMILES string of the molecule is Cc1nc(C2CCCN(C(=O)CCn3cnc4ccccc43)C2)n[nH]1. The summed E-state index contributed by atoms with van der Waals surface area (Å²) in [4.78, 5) is 23.4. The number of aromatic amines is 1. The molecule has 1 amide bonds. The summed E-state index contributed by atoms with van der Waals surface area (Å²) in [6.45, 7) is 4.09. The molecule has 1 unspecified atom stereocenters. The number of benzene rings is 1. The number of carbonyl (C=O) groups excluding carboxylic acids is 1. The number of fused-ring (bicyclic) bond motifs is 1. The topological polar surface area (TPSA) is 79.7 Å². The van der Waals surface area contributed by atoms with Crippen molar-refractivity contribution in [1.29, 1.82) is 0 Å². The minimum Gasteiger partial charge on any atom is -0.342 e. The van der Waals surface area contributed by atoms with Crippen molar-refractivity contribution >= 4 is 16.9 Å². The highest BCUT2D eigenvalue weighted by molar-refractivity contribution is 5.77. The summed E-state index contributed by atoms with van der Waals surface area (Å²) in [5.74, 6) is 2.08. The van der Waals surface area contributed by atoms with Crippen LogP contribution in [0.1, 0.15) is 36.8 Å². The smallest absolute Gasteiger partial charge is 0.224 e. The van der Waals surface area contributed by atoms with Crippen LogP contribution in [0.15, 0.2) is 30.6 Å². The standard InChI is InChI=1S/C18H22N6O/c1-13-20-18(22-21-13)14-5-4-9-23(11-14)17(25)8-10-24-12-19-15-6-2-3-7-16(15)24/h2-3,6-7,12,14H,4-5,8-11H2,1H3,(H,20,21,22). The highest BCUT2D eigenvalue weighted by Crippen LogP contribution is 2.25. The van der Waals surface area contributed by atoms with Gasteiger partial charge in [0.2, 0.25) is 5.91 Å². The van der Waals surface area contributed by atoms with Gasteiger partial charge < -0.3 is 9.47 Å². The number of hydrogen-bond acceptors (Lipinski definition) is 4. The van der Waals surface area contributed by atoms with Gasteiger partial charge in [-0.25, -0.2) is 9.97 Å². The highest BCUT2D eigenvalue weighted by Gasteiger charge is 2.26. The zero-order valence-electron chi connectivity index (χ0n) is 14.4. The van der Waals surface area contributed by atoms with Crippen molar-refractivity contribution in [3.8, 4) is 0 Å². The maximum atomic E-state index is 12.7. The van der Waals surface area contributed by atoms with Gasteiger partial charge in [0.25, 0.3) is 0 Å². The number of amides is 1. The summed E-state index contributed by atoms with van der Waals surface area (Å²) >= 11 is 0. The van der Waals surface area contributed by atoms with E-state index in [1.807, 2.05) is 47.0 Å². The van der Waals surface area contributed by atoms with Crippen LogP contribution in [0.25, 0.3) is 11.0 Å². The Balaban J connectivity index is 1.39. The van der Waals surface area contributed by atoms with E-state index in [-0.39, 0.29) is 11.8 Å². The third kappa shape index (κ3) is 3.26.